The van der Waals surface area contributed by atoms with Gasteiger partial charge in [0.2, 0.25) is 5.91 Å². The summed E-state index contributed by atoms with van der Waals surface area (Å²) in [6.07, 6.45) is 4.59. The van der Waals surface area contributed by atoms with E-state index >= 15 is 0 Å². The summed E-state index contributed by atoms with van der Waals surface area (Å²) in [5.41, 5.74) is 4.08. The molecule has 0 aliphatic carbocycles. The fourth-order valence-corrected chi connectivity index (χ4v) is 2.73. The molecule has 0 bridgehead atoms. The molecule has 0 spiro atoms. The highest BCUT2D eigenvalue weighted by Gasteiger charge is 2.17. The molecule has 1 N–H and O–H groups in total. The van der Waals surface area contributed by atoms with E-state index in [-0.39, 0.29) is 18.0 Å². The number of anilines is 1. The molecular formula is C20H21N5O2. The molecule has 2 heterocycles. The monoisotopic (exact) mass is 363 g/mol. The minimum absolute atomic E-state index is 0.160. The number of hydrogen-bond acceptors (Lipinski definition) is 5. The molecule has 1 amide bonds. The van der Waals surface area contributed by atoms with Gasteiger partial charge < -0.3 is 5.32 Å². The van der Waals surface area contributed by atoms with Gasteiger partial charge in [0, 0.05) is 29.3 Å². The van der Waals surface area contributed by atoms with Gasteiger partial charge >= 0.3 is 0 Å². The van der Waals surface area contributed by atoms with Gasteiger partial charge in [0.25, 0.3) is 5.56 Å². The highest BCUT2D eigenvalue weighted by molar-refractivity contribution is 5.91. The van der Waals surface area contributed by atoms with E-state index in [4.69, 9.17) is 0 Å². The number of aryl methyl sites for hydroxylation is 2. The van der Waals surface area contributed by atoms with Gasteiger partial charge in [0.1, 0.15) is 12.2 Å². The predicted octanol–water partition coefficient (Wildman–Crippen LogP) is 2.57. The maximum Gasteiger partial charge on any atom is 0.257 e. The Morgan fingerprint density at radius 1 is 1.11 bits per heavy atom. The van der Waals surface area contributed by atoms with Crippen LogP contribution >= 0.6 is 0 Å². The molecular weight excluding hydrogens is 342 g/mol. The Hall–Kier alpha value is -3.35. The van der Waals surface area contributed by atoms with E-state index < -0.39 is 0 Å². The minimum Gasteiger partial charge on any atom is -0.324 e. The van der Waals surface area contributed by atoms with Gasteiger partial charge in [-0.2, -0.15) is 0 Å². The number of aromatic nitrogens is 4. The maximum absolute atomic E-state index is 12.8. The molecule has 3 rings (SSSR count). The Balaban J connectivity index is 1.99. The Labute approximate surface area is 157 Å². The van der Waals surface area contributed by atoms with Crippen LogP contribution in [0.2, 0.25) is 0 Å². The Morgan fingerprint density at radius 3 is 2.59 bits per heavy atom. The standard InChI is InChI=1S/C20H21N5O2/c1-12-6-5-7-16(13(12)2)24-18(26)11-25-19(17-10-21-8-9-22-17)23-15(4)14(3)20(25)27/h5-10H,11H2,1-4H3,(H,24,26). The number of benzene rings is 1. The summed E-state index contributed by atoms with van der Waals surface area (Å²) in [4.78, 5) is 38.2. The molecule has 138 valence electrons. The molecule has 3 aromatic rings. The topological polar surface area (TPSA) is 89.8 Å². The number of amides is 1. The van der Waals surface area contributed by atoms with E-state index in [9.17, 15) is 9.59 Å². The summed E-state index contributed by atoms with van der Waals surface area (Å²) in [5, 5.41) is 2.88. The summed E-state index contributed by atoms with van der Waals surface area (Å²) in [6, 6.07) is 5.70. The minimum atomic E-state index is -0.305. The fraction of sp³-hybridized carbons (Fsp3) is 0.250. The second kappa shape index (κ2) is 7.49. The lowest BCUT2D eigenvalue weighted by Crippen LogP contribution is -2.32. The molecule has 0 aliphatic heterocycles. The zero-order valence-corrected chi connectivity index (χ0v) is 15.8. The van der Waals surface area contributed by atoms with Crippen LogP contribution in [0.4, 0.5) is 5.69 Å². The van der Waals surface area contributed by atoms with Gasteiger partial charge in [-0.1, -0.05) is 12.1 Å². The lowest BCUT2D eigenvalue weighted by atomic mass is 10.1. The van der Waals surface area contributed by atoms with Crippen molar-refractivity contribution in [2.75, 3.05) is 5.32 Å². The van der Waals surface area contributed by atoms with E-state index in [1.165, 1.54) is 17.0 Å². The van der Waals surface area contributed by atoms with Crippen LogP contribution in [-0.4, -0.2) is 25.4 Å². The van der Waals surface area contributed by atoms with E-state index in [1.807, 2.05) is 32.0 Å². The number of carbonyl (C=O) groups excluding carboxylic acids is 1. The van der Waals surface area contributed by atoms with E-state index in [0.717, 1.165) is 16.8 Å². The summed E-state index contributed by atoms with van der Waals surface area (Å²) in [5.74, 6) is 0.0216. The van der Waals surface area contributed by atoms with Crippen LogP contribution in [0.15, 0.2) is 41.6 Å². The van der Waals surface area contributed by atoms with Gasteiger partial charge in [0.05, 0.1) is 6.20 Å². The summed E-state index contributed by atoms with van der Waals surface area (Å²) >= 11 is 0. The predicted molar refractivity (Wildman–Crippen MR) is 104 cm³/mol. The molecule has 0 fully saturated rings. The molecule has 7 nitrogen and oxygen atoms in total. The van der Waals surface area contributed by atoms with E-state index in [1.54, 1.807) is 20.0 Å². The second-order valence-corrected chi connectivity index (χ2v) is 6.42. The third-order valence-corrected chi connectivity index (χ3v) is 4.61. The van der Waals surface area contributed by atoms with E-state index in [2.05, 4.69) is 20.3 Å². The van der Waals surface area contributed by atoms with Gasteiger partial charge in [0.15, 0.2) is 5.82 Å². The van der Waals surface area contributed by atoms with E-state index in [0.29, 0.717) is 22.8 Å². The van der Waals surface area contributed by atoms with Gasteiger partial charge in [-0.05, 0) is 44.9 Å². The van der Waals surface area contributed by atoms with Crippen LogP contribution in [0.1, 0.15) is 22.4 Å². The molecule has 0 radical (unpaired) electrons. The average Bonchev–Trinajstić information content (AvgIpc) is 2.66. The number of rotatable bonds is 4. The van der Waals surface area contributed by atoms with Crippen molar-refractivity contribution in [1.29, 1.82) is 0 Å². The maximum atomic E-state index is 12.8. The Kier molecular flexibility index (Phi) is 5.12. The molecule has 27 heavy (non-hydrogen) atoms. The van der Waals surface area contributed by atoms with Gasteiger partial charge in [-0.25, -0.2) is 9.97 Å². The van der Waals surface area contributed by atoms with Crippen molar-refractivity contribution < 1.29 is 4.79 Å². The molecule has 0 atom stereocenters. The normalized spacial score (nSPS) is 10.7. The number of nitrogens with zero attached hydrogens (tertiary/aromatic N) is 4. The molecule has 0 unspecified atom stereocenters. The lowest BCUT2D eigenvalue weighted by Gasteiger charge is -2.15. The quantitative estimate of drug-likeness (QED) is 0.769. The second-order valence-electron chi connectivity index (χ2n) is 6.42. The highest BCUT2D eigenvalue weighted by Crippen LogP contribution is 2.18. The van der Waals surface area contributed by atoms with Crippen LogP contribution in [-0.2, 0) is 11.3 Å². The Morgan fingerprint density at radius 2 is 1.89 bits per heavy atom. The molecule has 0 saturated heterocycles. The summed E-state index contributed by atoms with van der Waals surface area (Å²) < 4.78 is 1.34. The first-order valence-corrected chi connectivity index (χ1v) is 8.59. The van der Waals surface area contributed by atoms with Gasteiger partial charge in [-0.3, -0.25) is 19.1 Å². The van der Waals surface area contributed by atoms with Crippen molar-refractivity contribution in [1.82, 2.24) is 19.5 Å². The smallest absolute Gasteiger partial charge is 0.257 e. The zero-order chi connectivity index (χ0) is 19.6. The van der Waals surface area contributed by atoms with Crippen molar-refractivity contribution >= 4 is 11.6 Å². The average molecular weight is 363 g/mol. The molecule has 0 saturated carbocycles. The third-order valence-electron chi connectivity index (χ3n) is 4.61. The first-order valence-electron chi connectivity index (χ1n) is 8.59. The van der Waals surface area contributed by atoms with Crippen molar-refractivity contribution in [3.8, 4) is 11.5 Å². The summed E-state index contributed by atoms with van der Waals surface area (Å²) in [7, 11) is 0. The van der Waals surface area contributed by atoms with Crippen molar-refractivity contribution in [3.63, 3.8) is 0 Å². The van der Waals surface area contributed by atoms with Crippen LogP contribution in [0.25, 0.3) is 11.5 Å². The van der Waals surface area contributed by atoms with Crippen molar-refractivity contribution in [3.05, 3.63) is 69.5 Å². The molecule has 0 aliphatic rings. The molecule has 7 heteroatoms. The van der Waals surface area contributed by atoms with Crippen LogP contribution < -0.4 is 10.9 Å². The highest BCUT2D eigenvalue weighted by atomic mass is 16.2. The molecule has 2 aromatic heterocycles. The molecule has 1 aromatic carbocycles. The number of nitrogens with one attached hydrogen (secondary N) is 1. The van der Waals surface area contributed by atoms with Crippen molar-refractivity contribution in [2.45, 2.75) is 34.2 Å². The largest absolute Gasteiger partial charge is 0.324 e. The summed E-state index contributed by atoms with van der Waals surface area (Å²) in [6.45, 7) is 7.22. The van der Waals surface area contributed by atoms with Crippen LogP contribution in [0.3, 0.4) is 0 Å². The number of carbonyl (C=O) groups is 1. The Bertz CT molecular complexity index is 1060. The number of hydrogen-bond donors (Lipinski definition) is 1. The first kappa shape index (κ1) is 18.4. The van der Waals surface area contributed by atoms with Crippen LogP contribution in [0, 0.1) is 27.7 Å². The zero-order valence-electron chi connectivity index (χ0n) is 15.8. The van der Waals surface area contributed by atoms with Crippen molar-refractivity contribution in [2.24, 2.45) is 0 Å². The van der Waals surface area contributed by atoms with Crippen LogP contribution in [0.5, 0.6) is 0 Å². The fourth-order valence-electron chi connectivity index (χ4n) is 2.73. The third kappa shape index (κ3) is 3.76. The van der Waals surface area contributed by atoms with Gasteiger partial charge in [-0.15, -0.1) is 0 Å². The SMILES string of the molecule is Cc1cccc(NC(=O)Cn2c(-c3cnccn3)nc(C)c(C)c2=O)c1C. The lowest BCUT2D eigenvalue weighted by molar-refractivity contribution is -0.116. The first-order chi connectivity index (χ1) is 12.9.